The van der Waals surface area contributed by atoms with Crippen molar-refractivity contribution in [2.75, 3.05) is 5.32 Å². The third-order valence-corrected chi connectivity index (χ3v) is 5.32. The molecule has 0 saturated carbocycles. The van der Waals surface area contributed by atoms with Gasteiger partial charge < -0.3 is 5.32 Å². The maximum absolute atomic E-state index is 11.7. The fourth-order valence-corrected chi connectivity index (χ4v) is 3.94. The summed E-state index contributed by atoms with van der Waals surface area (Å²) in [5.74, 6) is 0.712. The van der Waals surface area contributed by atoms with Gasteiger partial charge in [-0.15, -0.1) is 0 Å². The van der Waals surface area contributed by atoms with Gasteiger partial charge in [-0.2, -0.15) is 0 Å². The SMILES string of the molecule is CC1=C(Nc2ccc3c(c2)CCC2CC(=O)NNC32)CCC1=O. The molecular weight excluding hydrogens is 290 g/mol. The number of allylic oxidation sites excluding steroid dienone is 2. The molecule has 1 aromatic rings. The molecule has 1 saturated heterocycles. The van der Waals surface area contributed by atoms with Crippen LogP contribution in [-0.4, -0.2) is 11.7 Å². The number of rotatable bonds is 2. The lowest BCUT2D eigenvalue weighted by molar-refractivity contribution is -0.126. The molecule has 4 rings (SSSR count). The summed E-state index contributed by atoms with van der Waals surface area (Å²) in [5.41, 5.74) is 11.5. The Morgan fingerprint density at radius 1 is 1.17 bits per heavy atom. The van der Waals surface area contributed by atoms with E-state index in [9.17, 15) is 9.59 Å². The van der Waals surface area contributed by atoms with E-state index in [0.717, 1.165) is 36.2 Å². The molecule has 1 heterocycles. The monoisotopic (exact) mass is 311 g/mol. The van der Waals surface area contributed by atoms with Crippen molar-refractivity contribution in [3.8, 4) is 0 Å². The number of aryl methyl sites for hydroxylation is 1. The van der Waals surface area contributed by atoms with Gasteiger partial charge in [0.05, 0.1) is 6.04 Å². The molecule has 1 amide bonds. The highest BCUT2D eigenvalue weighted by Gasteiger charge is 2.34. The first-order chi connectivity index (χ1) is 11.1. The van der Waals surface area contributed by atoms with E-state index in [2.05, 4.69) is 34.4 Å². The van der Waals surface area contributed by atoms with Crippen molar-refractivity contribution in [2.24, 2.45) is 5.92 Å². The molecule has 5 nitrogen and oxygen atoms in total. The fraction of sp³-hybridized carbons (Fsp3) is 0.444. The Morgan fingerprint density at radius 2 is 2.04 bits per heavy atom. The third-order valence-electron chi connectivity index (χ3n) is 5.32. The second-order valence-corrected chi connectivity index (χ2v) is 6.74. The van der Waals surface area contributed by atoms with Crippen LogP contribution in [-0.2, 0) is 16.0 Å². The van der Waals surface area contributed by atoms with Crippen molar-refractivity contribution in [3.05, 3.63) is 40.6 Å². The highest BCUT2D eigenvalue weighted by atomic mass is 16.2. The van der Waals surface area contributed by atoms with Gasteiger partial charge in [-0.05, 0) is 55.4 Å². The first-order valence-corrected chi connectivity index (χ1v) is 8.29. The molecule has 1 aliphatic heterocycles. The first kappa shape index (κ1) is 14.5. The lowest BCUT2D eigenvalue weighted by Crippen LogP contribution is -2.50. The van der Waals surface area contributed by atoms with E-state index in [1.807, 2.05) is 6.92 Å². The number of hydrazine groups is 1. The van der Waals surface area contributed by atoms with E-state index < -0.39 is 0 Å². The third kappa shape index (κ3) is 2.55. The number of carbonyl (C=O) groups is 2. The maximum Gasteiger partial charge on any atom is 0.234 e. The molecule has 2 unspecified atom stereocenters. The van der Waals surface area contributed by atoms with Gasteiger partial charge in [0.15, 0.2) is 5.78 Å². The van der Waals surface area contributed by atoms with Crippen molar-refractivity contribution in [3.63, 3.8) is 0 Å². The largest absolute Gasteiger partial charge is 0.359 e. The molecule has 23 heavy (non-hydrogen) atoms. The smallest absolute Gasteiger partial charge is 0.234 e. The molecule has 0 aromatic heterocycles. The van der Waals surface area contributed by atoms with Crippen molar-refractivity contribution < 1.29 is 9.59 Å². The van der Waals surface area contributed by atoms with Crippen LogP contribution in [0, 0.1) is 5.92 Å². The molecule has 5 heteroatoms. The maximum atomic E-state index is 11.7. The number of hydrogen-bond acceptors (Lipinski definition) is 4. The fourth-order valence-electron chi connectivity index (χ4n) is 3.94. The summed E-state index contributed by atoms with van der Waals surface area (Å²) in [6.45, 7) is 1.90. The number of fused-ring (bicyclic) bond motifs is 3. The van der Waals surface area contributed by atoms with E-state index in [4.69, 9.17) is 0 Å². The summed E-state index contributed by atoms with van der Waals surface area (Å²) in [6.07, 6.45) is 4.05. The molecule has 0 radical (unpaired) electrons. The minimum absolute atomic E-state index is 0.0845. The zero-order valence-electron chi connectivity index (χ0n) is 13.2. The van der Waals surface area contributed by atoms with Gasteiger partial charge in [-0.1, -0.05) is 6.07 Å². The van der Waals surface area contributed by atoms with Crippen LogP contribution in [0.15, 0.2) is 29.5 Å². The number of Topliss-reactive ketones (excluding diaryl/α,β-unsaturated/α-hetero) is 1. The Bertz CT molecular complexity index is 723. The summed E-state index contributed by atoms with van der Waals surface area (Å²) in [4.78, 5) is 23.2. The highest BCUT2D eigenvalue weighted by Crippen LogP contribution is 2.38. The summed E-state index contributed by atoms with van der Waals surface area (Å²) in [6, 6.07) is 6.61. The van der Waals surface area contributed by atoms with Gasteiger partial charge in [0.25, 0.3) is 0 Å². The summed E-state index contributed by atoms with van der Waals surface area (Å²) >= 11 is 0. The minimum Gasteiger partial charge on any atom is -0.359 e. The predicted octanol–water partition coefficient (Wildman–Crippen LogP) is 2.36. The van der Waals surface area contributed by atoms with E-state index in [1.165, 1.54) is 11.1 Å². The number of ketones is 1. The Hall–Kier alpha value is -2.14. The molecule has 0 bridgehead atoms. The quantitative estimate of drug-likeness (QED) is 0.784. The van der Waals surface area contributed by atoms with Crippen LogP contribution < -0.4 is 16.2 Å². The van der Waals surface area contributed by atoms with Crippen LogP contribution in [0.5, 0.6) is 0 Å². The lowest BCUT2D eigenvalue weighted by Gasteiger charge is -2.37. The molecule has 0 spiro atoms. The molecule has 1 fully saturated rings. The van der Waals surface area contributed by atoms with Crippen LogP contribution in [0.2, 0.25) is 0 Å². The molecule has 1 aromatic carbocycles. The normalized spacial score (nSPS) is 26.7. The highest BCUT2D eigenvalue weighted by molar-refractivity contribution is 5.98. The number of hydrogen-bond donors (Lipinski definition) is 3. The van der Waals surface area contributed by atoms with Crippen molar-refractivity contribution in [1.29, 1.82) is 0 Å². The second-order valence-electron chi connectivity index (χ2n) is 6.74. The summed E-state index contributed by atoms with van der Waals surface area (Å²) in [5, 5.41) is 3.42. The topological polar surface area (TPSA) is 70.2 Å². The van der Waals surface area contributed by atoms with E-state index in [0.29, 0.717) is 18.8 Å². The van der Waals surface area contributed by atoms with E-state index >= 15 is 0 Å². The van der Waals surface area contributed by atoms with Crippen molar-refractivity contribution >= 4 is 17.4 Å². The van der Waals surface area contributed by atoms with Gasteiger partial charge in [-0.25, -0.2) is 5.43 Å². The van der Waals surface area contributed by atoms with Crippen LogP contribution in [0.3, 0.4) is 0 Å². The Balaban J connectivity index is 1.58. The van der Waals surface area contributed by atoms with Gasteiger partial charge in [0.2, 0.25) is 5.91 Å². The van der Waals surface area contributed by atoms with Crippen LogP contribution >= 0.6 is 0 Å². The molecule has 120 valence electrons. The average molecular weight is 311 g/mol. The second kappa shape index (κ2) is 5.49. The number of amides is 1. The van der Waals surface area contributed by atoms with Crippen LogP contribution in [0.4, 0.5) is 5.69 Å². The van der Waals surface area contributed by atoms with E-state index in [-0.39, 0.29) is 17.7 Å². The summed E-state index contributed by atoms with van der Waals surface area (Å²) in [7, 11) is 0. The summed E-state index contributed by atoms with van der Waals surface area (Å²) < 4.78 is 0. The number of benzene rings is 1. The lowest BCUT2D eigenvalue weighted by atomic mass is 9.77. The first-order valence-electron chi connectivity index (χ1n) is 8.29. The van der Waals surface area contributed by atoms with Gasteiger partial charge in [0.1, 0.15) is 0 Å². The Labute approximate surface area is 135 Å². The average Bonchev–Trinajstić information content (AvgIpc) is 2.86. The van der Waals surface area contributed by atoms with Crippen molar-refractivity contribution in [2.45, 2.75) is 45.1 Å². The molecular formula is C18H21N3O2. The minimum atomic E-state index is 0.0845. The standard InChI is InChI=1S/C18H21N3O2/c1-10-15(6-7-16(10)22)19-13-4-5-14-11(8-13)2-3-12-9-17(23)20-21-18(12)14/h4-5,8,12,18-19,21H,2-3,6-7,9H2,1H3,(H,20,23). The number of nitrogens with one attached hydrogen (secondary N) is 3. The Morgan fingerprint density at radius 3 is 2.83 bits per heavy atom. The number of anilines is 1. The van der Waals surface area contributed by atoms with Crippen LogP contribution in [0.1, 0.15) is 49.8 Å². The zero-order chi connectivity index (χ0) is 16.0. The molecule has 2 aliphatic carbocycles. The number of carbonyl (C=O) groups excluding carboxylic acids is 2. The van der Waals surface area contributed by atoms with Crippen LogP contribution in [0.25, 0.3) is 0 Å². The Kier molecular flexibility index (Phi) is 3.45. The predicted molar refractivity (Wildman–Crippen MR) is 87.5 cm³/mol. The van der Waals surface area contributed by atoms with Crippen molar-refractivity contribution in [1.82, 2.24) is 10.9 Å². The van der Waals surface area contributed by atoms with Gasteiger partial charge >= 0.3 is 0 Å². The molecule has 2 atom stereocenters. The van der Waals surface area contributed by atoms with Gasteiger partial charge in [-0.3, -0.25) is 15.0 Å². The zero-order valence-corrected chi connectivity index (χ0v) is 13.2. The molecule has 3 N–H and O–H groups in total. The van der Waals surface area contributed by atoms with E-state index in [1.54, 1.807) is 0 Å². The van der Waals surface area contributed by atoms with Gasteiger partial charge in [0, 0.05) is 29.8 Å². The molecule has 3 aliphatic rings.